The number of carbonyl (C=O) groups excluding carboxylic acids is 2. The number of nitrogens with one attached hydrogen (secondary N) is 1. The highest BCUT2D eigenvalue weighted by Gasteiger charge is 2.66. The van der Waals surface area contributed by atoms with E-state index in [1.807, 2.05) is 0 Å². The Hall–Kier alpha value is -2.53. The number of carbonyl (C=O) groups is 2. The molecule has 0 saturated heterocycles. The van der Waals surface area contributed by atoms with Gasteiger partial charge in [0.15, 0.2) is 6.61 Å². The number of alkyl halides is 3. The molecule has 2 radical (unpaired) electrons. The second kappa shape index (κ2) is 22.0. The Balaban J connectivity index is 0.000000401. The summed E-state index contributed by atoms with van der Waals surface area (Å²) in [7, 11) is 6.36. The van der Waals surface area contributed by atoms with Crippen LogP contribution in [0, 0.1) is 58.2 Å². The molecule has 4 bridgehead atoms. The van der Waals surface area contributed by atoms with E-state index in [1.54, 1.807) is 5.32 Å². The molecule has 8 rings (SSSR count). The van der Waals surface area contributed by atoms with Gasteiger partial charge < -0.3 is 25.6 Å². The van der Waals surface area contributed by atoms with E-state index in [4.69, 9.17) is 63.6 Å². The highest BCUT2D eigenvalue weighted by Crippen LogP contribution is 2.74. The van der Waals surface area contributed by atoms with Crippen molar-refractivity contribution in [3.8, 4) is 0 Å². The molecule has 4 N–H and O–H groups in total. The van der Waals surface area contributed by atoms with Crippen LogP contribution in [0.2, 0.25) is 5.82 Å². The van der Waals surface area contributed by atoms with Crippen molar-refractivity contribution in [2.24, 2.45) is 63.9 Å². The molecule has 0 aromatic rings. The predicted octanol–water partition coefficient (Wildman–Crippen LogP) is 11.5. The molecule has 13 atom stereocenters. The Morgan fingerprint density at radius 3 is 2.29 bits per heavy atom. The molecular formula is C48H80BF3N2O5. The molecule has 8 aliphatic rings. The predicted molar refractivity (Wildman–Crippen MR) is 236 cm³/mol. The molecule has 2 unspecified atom stereocenters. The maximum absolute atomic E-state index is 12.0. The lowest BCUT2D eigenvalue weighted by molar-refractivity contribution is -0.227. The number of fused-ring (bicyclic) bond motifs is 5. The summed E-state index contributed by atoms with van der Waals surface area (Å²) in [4.78, 5) is 22.4. The summed E-state index contributed by atoms with van der Waals surface area (Å²) in [6.45, 7) is 2.58. The van der Waals surface area contributed by atoms with E-state index < -0.39 is 162 Å². The van der Waals surface area contributed by atoms with Crippen molar-refractivity contribution >= 4 is 19.9 Å². The van der Waals surface area contributed by atoms with Crippen LogP contribution in [0.15, 0.2) is 48.9 Å². The number of hydrogen-bond acceptors (Lipinski definition) is 6. The molecule has 7 fully saturated rings. The topological polar surface area (TPSA) is 111 Å². The third-order valence-electron chi connectivity index (χ3n) is 12.0. The van der Waals surface area contributed by atoms with Crippen LogP contribution >= 0.6 is 0 Å². The number of nitrogens with two attached hydrogens (primary N) is 1. The first-order valence-corrected chi connectivity index (χ1v) is 18.9. The average Bonchev–Trinajstić information content (AvgIpc) is 0.702. The second-order valence-electron chi connectivity index (χ2n) is 17.0. The van der Waals surface area contributed by atoms with E-state index in [0.29, 0.717) is 16.6 Å². The van der Waals surface area contributed by atoms with E-state index in [1.165, 1.54) is 46.5 Å². The Labute approximate surface area is 403 Å². The minimum Gasteiger partial charge on any atom is -0.453 e. The molecule has 7 nitrogen and oxygen atoms in total. The van der Waals surface area contributed by atoms with Crippen molar-refractivity contribution in [1.82, 2.24) is 5.32 Å². The third-order valence-corrected chi connectivity index (χ3v) is 12.0. The number of rotatable bonds is 5. The zero-order chi connectivity index (χ0) is 73.6. The minimum absolute atomic E-state index is 0.483. The van der Waals surface area contributed by atoms with Gasteiger partial charge in [-0.15, -0.1) is 0 Å². The molecule has 1 amide bonds. The zero-order valence-electron chi connectivity index (χ0n) is 67.6. The molecule has 336 valence electrons. The third kappa shape index (κ3) is 15.4. The van der Waals surface area contributed by atoms with Crippen molar-refractivity contribution in [3.63, 3.8) is 0 Å². The lowest BCUT2D eigenvalue weighted by Crippen LogP contribution is -2.65. The van der Waals surface area contributed by atoms with Gasteiger partial charge >= 0.3 is 18.2 Å². The Bertz CT molecular complexity index is 2800. The summed E-state index contributed by atoms with van der Waals surface area (Å²) < 4.78 is 285. The summed E-state index contributed by atoms with van der Waals surface area (Å²) >= 11 is 0. The number of esters is 1. The quantitative estimate of drug-likeness (QED) is 0.0835. The molecule has 0 spiro atoms. The van der Waals surface area contributed by atoms with Crippen molar-refractivity contribution in [3.05, 3.63) is 48.9 Å². The fraction of sp³-hybridized carbons (Fsp3) is 0.792. The van der Waals surface area contributed by atoms with Crippen LogP contribution in [0.3, 0.4) is 0 Å². The van der Waals surface area contributed by atoms with Gasteiger partial charge in [-0.2, -0.15) is 13.2 Å². The number of halogens is 3. The van der Waals surface area contributed by atoms with Gasteiger partial charge in [0.05, 0.1) is 29.0 Å². The molecule has 0 aromatic carbocycles. The van der Waals surface area contributed by atoms with Crippen LogP contribution in [0.25, 0.3) is 0 Å². The van der Waals surface area contributed by atoms with Crippen molar-refractivity contribution < 1.29 is 82.6 Å². The normalized spacial score (nSPS) is 53.8. The first kappa shape index (κ1) is 21.2. The van der Waals surface area contributed by atoms with Gasteiger partial charge in [0, 0.05) is 48.2 Å². The van der Waals surface area contributed by atoms with Gasteiger partial charge in [0.25, 0.3) is 0 Å². The first-order chi connectivity index (χ1) is 40.2. The van der Waals surface area contributed by atoms with Gasteiger partial charge in [-0.1, -0.05) is 96.6 Å². The first-order valence-electron chi connectivity index (χ1n) is 35.4. The van der Waals surface area contributed by atoms with E-state index in [0.717, 1.165) is 41.4 Å². The number of allylic oxidation sites excluding steroid dienone is 3. The Morgan fingerprint density at radius 1 is 1.10 bits per heavy atom. The Kier molecular flexibility index (Phi) is 7.92. The fourth-order valence-corrected chi connectivity index (χ4v) is 8.90. The molecule has 11 heteroatoms. The van der Waals surface area contributed by atoms with E-state index >= 15 is 0 Å². The standard InChI is InChI=1S/C19H31B.C12H21NO2.C7H15NO.C5H5F3O2.C5H8/c1-10-14-6-12(18(14,3)4)7-15(10)19(5)13-8-16(19)11(2)17(20)9-13;1-9-5-7-10(8-6-9)13-11(14)15-12(2,3)4;1-5-2-3-6(8)4-7(5)9;1-2-4(9)10-3-5(6,7)8;1-4-5(2)3/h10-17H,6-9H2,1-5H3;5,10H,6-8H2,1-4H3,(H,13,14);5-7,9H,2-4,8H2,1H3;2H,1,3H2;4H,1-2H2,3H3/t10-,11-,12+,13+,14-,15?,16-,17-,19?;10-;5-,6-,7-;;/m001../s1/i;1D3,5D,6D2,7D2,8D2,10D;1D3,2D2,3D2,4D2,6D,7D;1D2,2D;1D2,2D2,3D3,4D. The summed E-state index contributed by atoms with van der Waals surface area (Å²) in [6.07, 6.45) is -24.6. The van der Waals surface area contributed by atoms with Gasteiger partial charge in [0.1, 0.15) is 5.60 Å². The molecular weight excluding hydrogens is 752 g/mol. The highest BCUT2D eigenvalue weighted by molar-refractivity contribution is 6.12. The van der Waals surface area contributed by atoms with Gasteiger partial charge in [0.2, 0.25) is 0 Å². The van der Waals surface area contributed by atoms with E-state index in [9.17, 15) is 27.9 Å². The maximum Gasteiger partial charge on any atom is 0.422 e. The monoisotopic (exact) mass is 866 g/mol. The Morgan fingerprint density at radius 2 is 1.76 bits per heavy atom. The molecule has 8 aliphatic carbocycles. The van der Waals surface area contributed by atoms with Crippen LogP contribution in [0.4, 0.5) is 18.0 Å². The van der Waals surface area contributed by atoms with Crippen LogP contribution < -0.4 is 11.1 Å². The number of amides is 1. The minimum atomic E-state index is -4.67. The number of hydrogen-bond donors (Lipinski definition) is 3. The summed E-state index contributed by atoms with van der Waals surface area (Å²) in [5, 5.41) is 11.6. The summed E-state index contributed by atoms with van der Waals surface area (Å²) in [6, 6.07) is -10.2. The number of ether oxygens (including phenoxy) is 2. The lowest BCUT2D eigenvalue weighted by Gasteiger charge is -2.72. The van der Waals surface area contributed by atoms with Crippen LogP contribution in [0.1, 0.15) is 185 Å². The molecule has 7 saturated carbocycles. The highest BCUT2D eigenvalue weighted by atomic mass is 19.4. The van der Waals surface area contributed by atoms with Crippen molar-refractivity contribution in [1.29, 1.82) is 0 Å². The second-order valence-corrected chi connectivity index (χ2v) is 17.0. The molecule has 0 heterocycles. The fourth-order valence-electron chi connectivity index (χ4n) is 8.90. The van der Waals surface area contributed by atoms with Gasteiger partial charge in [-0.3, -0.25) is 0 Å². The van der Waals surface area contributed by atoms with Gasteiger partial charge in [-0.05, 0) is 150 Å². The van der Waals surface area contributed by atoms with E-state index in [2.05, 4.69) is 39.4 Å². The number of aliphatic hydroxyl groups is 1. The summed E-state index contributed by atoms with van der Waals surface area (Å²) in [5.41, 5.74) is 3.14. The molecule has 0 aromatic heterocycles. The average molecular weight is 866 g/mol. The smallest absolute Gasteiger partial charge is 0.422 e. The van der Waals surface area contributed by atoms with Crippen molar-refractivity contribution in [2.75, 3.05) is 6.61 Å². The lowest BCUT2D eigenvalue weighted by atomic mass is 9.32. The largest absolute Gasteiger partial charge is 0.453 e. The van der Waals surface area contributed by atoms with E-state index in [-0.39, 0.29) is 0 Å². The SMILES string of the molecule is [2H]C([2H])([2H])[C@@H]1C([2H])([2H])C([2H])([2H])[C@@]([2H])(N)C([2H])([2H])[C@@]1([2H])O.[2H]C([2H])=C([2H])C(=C([2H])[2H])C([2H])([2H])[2H].[2H]C([2H])=C([2H])C(=O)OCC(F)(F)F.[2H]C1=C(C([2H])([2H])[2H])C([2H])([2H])C([2H])([2H])[C@@]([2H])(NC(=O)OC(C)(C)C)C1([2H])[2H].[B][C@H]1C[C@H]2C[C@@H]([C@@H]1C)C2(C)C1C[C@H]2C[C@@H]([C@@H]1C)C2(C)C. The zero-order valence-corrected chi connectivity index (χ0v) is 34.6. The van der Waals surface area contributed by atoms with Crippen LogP contribution in [0.5, 0.6) is 0 Å². The summed E-state index contributed by atoms with van der Waals surface area (Å²) in [5.74, 6) is 2.68. The molecule has 0 aliphatic heterocycles. The van der Waals surface area contributed by atoms with Crippen LogP contribution in [-0.2, 0) is 14.3 Å². The molecule has 59 heavy (non-hydrogen) atoms. The van der Waals surface area contributed by atoms with Crippen LogP contribution in [-0.4, -0.2) is 61.5 Å². The van der Waals surface area contributed by atoms with Gasteiger partial charge in [-0.25, -0.2) is 9.59 Å². The van der Waals surface area contributed by atoms with Crippen molar-refractivity contribution in [2.45, 2.75) is 176 Å². The maximum atomic E-state index is 12.0. The number of alkyl carbamates (subject to hydrolysis) is 1.